The smallest absolute Gasteiger partial charge is 0.435 e. The van der Waals surface area contributed by atoms with Crippen LogP contribution in [0.5, 0.6) is 5.75 Å². The van der Waals surface area contributed by atoms with Gasteiger partial charge in [-0.25, -0.2) is 4.98 Å². The van der Waals surface area contributed by atoms with Crippen LogP contribution < -0.4 is 4.74 Å². The molecule has 0 fully saturated rings. The third-order valence-electron chi connectivity index (χ3n) is 4.69. The van der Waals surface area contributed by atoms with E-state index in [1.807, 2.05) is 23.6 Å². The Labute approximate surface area is 148 Å². The van der Waals surface area contributed by atoms with Crippen molar-refractivity contribution in [3.8, 4) is 17.1 Å². The number of alkyl halides is 3. The highest BCUT2D eigenvalue weighted by atomic mass is 19.4. The van der Waals surface area contributed by atoms with Crippen molar-refractivity contribution in [1.82, 2.24) is 19.3 Å². The van der Waals surface area contributed by atoms with Gasteiger partial charge in [-0.2, -0.15) is 18.3 Å². The van der Waals surface area contributed by atoms with Crippen molar-refractivity contribution >= 4 is 0 Å². The maximum absolute atomic E-state index is 13.5. The van der Waals surface area contributed by atoms with Gasteiger partial charge in [0.2, 0.25) is 0 Å². The third-order valence-corrected chi connectivity index (χ3v) is 4.69. The Bertz CT molecular complexity index is 940. The van der Waals surface area contributed by atoms with Crippen LogP contribution in [0.1, 0.15) is 29.8 Å². The molecule has 3 aromatic rings. The van der Waals surface area contributed by atoms with Gasteiger partial charge in [0.05, 0.1) is 37.6 Å². The molecular weight excluding hydrogens is 345 g/mol. The van der Waals surface area contributed by atoms with E-state index in [0.29, 0.717) is 17.1 Å². The normalized spacial score (nSPS) is 16.3. The van der Waals surface area contributed by atoms with E-state index in [2.05, 4.69) is 10.1 Å². The molecule has 4 rings (SSSR count). The molecule has 0 bridgehead atoms. The lowest BCUT2D eigenvalue weighted by molar-refractivity contribution is -0.142. The molecule has 0 amide bonds. The summed E-state index contributed by atoms with van der Waals surface area (Å²) < 4.78 is 49.1. The number of nitrogens with zero attached hydrogens (tertiary/aromatic N) is 4. The van der Waals surface area contributed by atoms with E-state index in [-0.39, 0.29) is 24.6 Å². The van der Waals surface area contributed by atoms with Gasteiger partial charge in [0.15, 0.2) is 5.69 Å². The zero-order chi connectivity index (χ0) is 18.5. The fourth-order valence-electron chi connectivity index (χ4n) is 3.46. The molecule has 0 saturated heterocycles. The van der Waals surface area contributed by atoms with E-state index >= 15 is 0 Å². The minimum absolute atomic E-state index is 0.0975. The number of imidazole rings is 1. The van der Waals surface area contributed by atoms with Crippen LogP contribution in [0.15, 0.2) is 36.8 Å². The number of halogens is 3. The molecular formula is C18H17F3N4O. The van der Waals surface area contributed by atoms with E-state index < -0.39 is 11.9 Å². The molecule has 0 aliphatic carbocycles. The first-order chi connectivity index (χ1) is 12.4. The van der Waals surface area contributed by atoms with Crippen LogP contribution in [-0.4, -0.2) is 26.4 Å². The maximum Gasteiger partial charge on any atom is 0.435 e. The molecule has 0 spiro atoms. The maximum atomic E-state index is 13.5. The van der Waals surface area contributed by atoms with Crippen LogP contribution >= 0.6 is 0 Å². The minimum atomic E-state index is -4.49. The van der Waals surface area contributed by atoms with E-state index in [9.17, 15) is 13.2 Å². The molecule has 1 unspecified atom stereocenters. The van der Waals surface area contributed by atoms with Gasteiger partial charge in [-0.15, -0.1) is 0 Å². The highest BCUT2D eigenvalue weighted by molar-refractivity contribution is 5.63. The number of fused-ring (bicyclic) bond motifs is 3. The van der Waals surface area contributed by atoms with E-state index in [1.54, 1.807) is 31.8 Å². The van der Waals surface area contributed by atoms with E-state index in [4.69, 9.17) is 4.74 Å². The summed E-state index contributed by atoms with van der Waals surface area (Å²) in [6.45, 7) is 2.12. The van der Waals surface area contributed by atoms with Crippen LogP contribution in [0.25, 0.3) is 11.4 Å². The quantitative estimate of drug-likeness (QED) is 0.709. The standard InChI is InChI=1S/C18H17F3N4O/c1-11-7-14-16(15-8-22-10-24(11)15)25(23-17(14)18(19,20)21)9-12-3-5-13(26-2)6-4-12/h3-6,8,10-11H,7,9H2,1-2H3. The molecule has 8 heteroatoms. The van der Waals surface area contributed by atoms with Crippen molar-refractivity contribution in [2.24, 2.45) is 0 Å². The number of hydrogen-bond donors (Lipinski definition) is 0. The molecule has 1 atom stereocenters. The summed E-state index contributed by atoms with van der Waals surface area (Å²) >= 11 is 0. The van der Waals surface area contributed by atoms with Crippen molar-refractivity contribution in [2.45, 2.75) is 32.1 Å². The van der Waals surface area contributed by atoms with Gasteiger partial charge in [-0.1, -0.05) is 12.1 Å². The molecule has 2 aromatic heterocycles. The van der Waals surface area contributed by atoms with Gasteiger partial charge in [0.1, 0.15) is 5.75 Å². The highest BCUT2D eigenvalue weighted by Gasteiger charge is 2.41. The van der Waals surface area contributed by atoms with Crippen LogP contribution in [0, 0.1) is 0 Å². The van der Waals surface area contributed by atoms with Crippen LogP contribution in [0.3, 0.4) is 0 Å². The Hall–Kier alpha value is -2.77. The fraction of sp³-hybridized carbons (Fsp3) is 0.333. The summed E-state index contributed by atoms with van der Waals surface area (Å²) in [5, 5.41) is 3.93. The molecule has 0 saturated carbocycles. The third kappa shape index (κ3) is 2.65. The topological polar surface area (TPSA) is 44.9 Å². The summed E-state index contributed by atoms with van der Waals surface area (Å²) in [7, 11) is 1.57. The SMILES string of the molecule is COc1ccc(Cn2nc(C(F)(F)F)c3c2-c2cncn2C(C)C3)cc1. The zero-order valence-corrected chi connectivity index (χ0v) is 14.3. The molecule has 26 heavy (non-hydrogen) atoms. The number of benzene rings is 1. The lowest BCUT2D eigenvalue weighted by Gasteiger charge is -2.24. The summed E-state index contributed by atoms with van der Waals surface area (Å²) in [6, 6.07) is 7.11. The summed E-state index contributed by atoms with van der Waals surface area (Å²) in [5.74, 6) is 0.694. The van der Waals surface area contributed by atoms with Gasteiger partial charge >= 0.3 is 6.18 Å². The second kappa shape index (κ2) is 5.89. The van der Waals surface area contributed by atoms with Gasteiger partial charge in [-0.3, -0.25) is 4.68 Å². The zero-order valence-electron chi connectivity index (χ0n) is 14.3. The first kappa shape index (κ1) is 16.7. The molecule has 3 heterocycles. The molecule has 1 aliphatic rings. The first-order valence-corrected chi connectivity index (χ1v) is 8.20. The second-order valence-electron chi connectivity index (χ2n) is 6.42. The average molecular weight is 362 g/mol. The number of methoxy groups -OCH3 is 1. The molecule has 0 N–H and O–H groups in total. The van der Waals surface area contributed by atoms with E-state index in [1.165, 1.54) is 4.68 Å². The average Bonchev–Trinajstić information content (AvgIpc) is 3.20. The lowest BCUT2D eigenvalue weighted by atomic mass is 9.98. The minimum Gasteiger partial charge on any atom is -0.497 e. The van der Waals surface area contributed by atoms with Gasteiger partial charge in [-0.05, 0) is 31.0 Å². The van der Waals surface area contributed by atoms with Gasteiger partial charge in [0.25, 0.3) is 0 Å². The highest BCUT2D eigenvalue weighted by Crippen LogP contribution is 2.41. The van der Waals surface area contributed by atoms with E-state index in [0.717, 1.165) is 5.56 Å². The Morgan fingerprint density at radius 2 is 1.96 bits per heavy atom. The lowest BCUT2D eigenvalue weighted by Crippen LogP contribution is -2.18. The van der Waals surface area contributed by atoms with Crippen LogP contribution in [-0.2, 0) is 19.1 Å². The van der Waals surface area contributed by atoms with Gasteiger partial charge in [0, 0.05) is 11.6 Å². The monoisotopic (exact) mass is 362 g/mol. The van der Waals surface area contributed by atoms with Crippen molar-refractivity contribution in [3.05, 3.63) is 53.6 Å². The number of ether oxygens (including phenoxy) is 1. The first-order valence-electron chi connectivity index (χ1n) is 8.20. The molecule has 5 nitrogen and oxygen atoms in total. The molecule has 0 radical (unpaired) electrons. The van der Waals surface area contributed by atoms with Crippen LogP contribution in [0.4, 0.5) is 13.2 Å². The van der Waals surface area contributed by atoms with Gasteiger partial charge < -0.3 is 9.30 Å². The summed E-state index contributed by atoms with van der Waals surface area (Å²) in [5.41, 5.74) is 1.43. The molecule has 136 valence electrons. The Balaban J connectivity index is 1.83. The Morgan fingerprint density at radius 1 is 1.23 bits per heavy atom. The van der Waals surface area contributed by atoms with Crippen molar-refractivity contribution < 1.29 is 17.9 Å². The molecule has 1 aliphatic heterocycles. The van der Waals surface area contributed by atoms with Crippen LogP contribution in [0.2, 0.25) is 0 Å². The fourth-order valence-corrected chi connectivity index (χ4v) is 3.46. The summed E-state index contributed by atoms with van der Waals surface area (Å²) in [4.78, 5) is 4.12. The summed E-state index contributed by atoms with van der Waals surface area (Å²) in [6.07, 6.45) is -0.963. The van der Waals surface area contributed by atoms with Crippen molar-refractivity contribution in [2.75, 3.05) is 7.11 Å². The largest absolute Gasteiger partial charge is 0.497 e. The predicted molar refractivity (Wildman–Crippen MR) is 89.0 cm³/mol. The Morgan fingerprint density at radius 3 is 2.62 bits per heavy atom. The Kier molecular flexibility index (Phi) is 3.78. The second-order valence-corrected chi connectivity index (χ2v) is 6.42. The number of aromatic nitrogens is 4. The number of hydrogen-bond acceptors (Lipinski definition) is 3. The molecule has 1 aromatic carbocycles. The van der Waals surface area contributed by atoms with Crippen molar-refractivity contribution in [3.63, 3.8) is 0 Å². The predicted octanol–water partition coefficient (Wildman–Crippen LogP) is 3.94. The van der Waals surface area contributed by atoms with Crippen molar-refractivity contribution in [1.29, 1.82) is 0 Å². The number of rotatable bonds is 3.